The van der Waals surface area contributed by atoms with Gasteiger partial charge in [-0.1, -0.05) is 12.1 Å². The molecule has 4 aromatic heterocycles. The fourth-order valence-electron chi connectivity index (χ4n) is 3.61. The predicted molar refractivity (Wildman–Crippen MR) is 117 cm³/mol. The van der Waals surface area contributed by atoms with E-state index in [9.17, 15) is 5.11 Å². The minimum atomic E-state index is -0.0261. The number of hydrogen-bond acceptors (Lipinski definition) is 7. The fourth-order valence-corrected chi connectivity index (χ4v) is 3.61. The molecular formula is C22H20N8O. The molecule has 0 saturated carbocycles. The first-order valence-electron chi connectivity index (χ1n) is 9.74. The highest BCUT2D eigenvalue weighted by atomic mass is 16.3. The second-order valence-corrected chi connectivity index (χ2v) is 7.19. The Kier molecular flexibility index (Phi) is 4.45. The molecule has 0 fully saturated rings. The molecule has 0 aliphatic rings. The summed E-state index contributed by atoms with van der Waals surface area (Å²) in [6.45, 7) is 1.88. The Labute approximate surface area is 177 Å². The van der Waals surface area contributed by atoms with Crippen LogP contribution in [0.2, 0.25) is 0 Å². The lowest BCUT2D eigenvalue weighted by molar-refractivity contribution is 0.282. The number of aliphatic hydroxyl groups excluding tert-OH is 1. The summed E-state index contributed by atoms with van der Waals surface area (Å²) < 4.78 is 1.94. The average Bonchev–Trinajstić information content (AvgIpc) is 3.32. The lowest BCUT2D eigenvalue weighted by Gasteiger charge is -2.11. The van der Waals surface area contributed by atoms with Gasteiger partial charge in [-0.25, -0.2) is 15.0 Å². The van der Waals surface area contributed by atoms with Gasteiger partial charge in [0.05, 0.1) is 23.6 Å². The number of nitrogens with zero attached hydrogens (tertiary/aromatic N) is 7. The summed E-state index contributed by atoms with van der Waals surface area (Å²) in [5.74, 6) is 1.02. The first-order chi connectivity index (χ1) is 15.0. The van der Waals surface area contributed by atoms with Gasteiger partial charge in [0.15, 0.2) is 11.5 Å². The maximum atomic E-state index is 9.42. The SMILES string of the molecule is Cc1nn(C)nc1-c1ccc2nc(-c3cccnc3N)n(-c3ccc(CO)cc3)c2n1. The number of aromatic nitrogens is 7. The maximum Gasteiger partial charge on any atom is 0.165 e. The van der Waals surface area contributed by atoms with Crippen molar-refractivity contribution in [2.75, 3.05) is 5.73 Å². The monoisotopic (exact) mass is 412 g/mol. The normalized spacial score (nSPS) is 11.3. The number of nitrogens with two attached hydrogens (primary N) is 1. The predicted octanol–water partition coefficient (Wildman–Crippen LogP) is 2.66. The van der Waals surface area contributed by atoms with E-state index in [1.165, 1.54) is 4.80 Å². The molecule has 0 aliphatic carbocycles. The number of aryl methyl sites for hydroxylation is 2. The number of rotatable bonds is 4. The molecule has 5 rings (SSSR count). The van der Waals surface area contributed by atoms with E-state index >= 15 is 0 Å². The molecule has 0 spiro atoms. The summed E-state index contributed by atoms with van der Waals surface area (Å²) in [5.41, 5.74) is 12.1. The summed E-state index contributed by atoms with van der Waals surface area (Å²) in [6, 6.07) is 15.1. The molecule has 0 aliphatic heterocycles. The number of benzene rings is 1. The highest BCUT2D eigenvalue weighted by molar-refractivity contribution is 5.84. The van der Waals surface area contributed by atoms with Crippen molar-refractivity contribution in [3.05, 3.63) is 66.0 Å². The third-order valence-corrected chi connectivity index (χ3v) is 5.09. The van der Waals surface area contributed by atoms with Gasteiger partial charge in [0.2, 0.25) is 0 Å². The van der Waals surface area contributed by atoms with Crippen molar-refractivity contribution < 1.29 is 5.11 Å². The summed E-state index contributed by atoms with van der Waals surface area (Å²) in [4.78, 5) is 15.5. The van der Waals surface area contributed by atoms with Crippen LogP contribution >= 0.6 is 0 Å². The van der Waals surface area contributed by atoms with E-state index in [1.807, 2.05) is 60.0 Å². The molecule has 1 aromatic carbocycles. The zero-order chi connectivity index (χ0) is 21.5. The molecule has 9 heteroatoms. The number of anilines is 1. The Morgan fingerprint density at radius 3 is 2.48 bits per heavy atom. The van der Waals surface area contributed by atoms with Gasteiger partial charge in [0.1, 0.15) is 17.0 Å². The Morgan fingerprint density at radius 1 is 1.00 bits per heavy atom. The zero-order valence-corrected chi connectivity index (χ0v) is 17.1. The topological polar surface area (TPSA) is 121 Å². The van der Waals surface area contributed by atoms with Crippen LogP contribution in [-0.2, 0) is 13.7 Å². The van der Waals surface area contributed by atoms with E-state index in [1.54, 1.807) is 13.2 Å². The molecule has 154 valence electrons. The van der Waals surface area contributed by atoms with Crippen molar-refractivity contribution in [3.63, 3.8) is 0 Å². The van der Waals surface area contributed by atoms with Crippen LogP contribution in [0.25, 0.3) is 39.6 Å². The van der Waals surface area contributed by atoms with Crippen LogP contribution in [0.5, 0.6) is 0 Å². The minimum absolute atomic E-state index is 0.0261. The second-order valence-electron chi connectivity index (χ2n) is 7.19. The summed E-state index contributed by atoms with van der Waals surface area (Å²) in [7, 11) is 1.78. The Hall–Kier alpha value is -4.11. The van der Waals surface area contributed by atoms with Crippen molar-refractivity contribution in [2.45, 2.75) is 13.5 Å². The quantitative estimate of drug-likeness (QED) is 0.465. The van der Waals surface area contributed by atoms with E-state index in [2.05, 4.69) is 15.2 Å². The van der Waals surface area contributed by atoms with Gasteiger partial charge in [-0.15, -0.1) is 0 Å². The third-order valence-electron chi connectivity index (χ3n) is 5.09. The fraction of sp³-hybridized carbons (Fsp3) is 0.136. The summed E-state index contributed by atoms with van der Waals surface area (Å²) in [6.07, 6.45) is 1.65. The molecule has 0 saturated heterocycles. The van der Waals surface area contributed by atoms with Crippen molar-refractivity contribution >= 4 is 17.0 Å². The molecule has 9 nitrogen and oxygen atoms in total. The Balaban J connectivity index is 1.80. The molecule has 4 heterocycles. The third kappa shape index (κ3) is 3.21. The number of nitrogen functional groups attached to an aromatic ring is 1. The molecule has 0 radical (unpaired) electrons. The largest absolute Gasteiger partial charge is 0.392 e. The first-order valence-corrected chi connectivity index (χ1v) is 9.74. The van der Waals surface area contributed by atoms with Crippen LogP contribution in [0.3, 0.4) is 0 Å². The minimum Gasteiger partial charge on any atom is -0.392 e. The van der Waals surface area contributed by atoms with Gasteiger partial charge >= 0.3 is 0 Å². The van der Waals surface area contributed by atoms with Crippen LogP contribution in [0.15, 0.2) is 54.7 Å². The molecule has 0 amide bonds. The molecule has 3 N–H and O–H groups in total. The van der Waals surface area contributed by atoms with Gasteiger partial charge < -0.3 is 10.8 Å². The van der Waals surface area contributed by atoms with Gasteiger partial charge in [-0.3, -0.25) is 4.57 Å². The highest BCUT2D eigenvalue weighted by Crippen LogP contribution is 2.31. The Bertz CT molecular complexity index is 1400. The number of imidazole rings is 1. The highest BCUT2D eigenvalue weighted by Gasteiger charge is 2.19. The van der Waals surface area contributed by atoms with E-state index in [-0.39, 0.29) is 6.61 Å². The van der Waals surface area contributed by atoms with Crippen molar-refractivity contribution in [2.24, 2.45) is 7.05 Å². The molecule has 5 aromatic rings. The van der Waals surface area contributed by atoms with Crippen LogP contribution in [0.4, 0.5) is 5.82 Å². The molecule has 0 bridgehead atoms. The van der Waals surface area contributed by atoms with E-state index < -0.39 is 0 Å². The van der Waals surface area contributed by atoms with Crippen molar-refractivity contribution in [1.82, 2.24) is 34.5 Å². The van der Waals surface area contributed by atoms with Crippen molar-refractivity contribution in [3.8, 4) is 28.5 Å². The smallest absolute Gasteiger partial charge is 0.165 e. The van der Waals surface area contributed by atoms with Crippen LogP contribution < -0.4 is 5.73 Å². The van der Waals surface area contributed by atoms with Crippen molar-refractivity contribution in [1.29, 1.82) is 0 Å². The lowest BCUT2D eigenvalue weighted by Crippen LogP contribution is -2.02. The Morgan fingerprint density at radius 2 is 1.81 bits per heavy atom. The van der Waals surface area contributed by atoms with Crippen LogP contribution in [0, 0.1) is 6.92 Å². The molecule has 0 unspecified atom stereocenters. The number of aliphatic hydroxyl groups is 1. The van der Waals surface area contributed by atoms with Gasteiger partial charge in [-0.05, 0) is 48.9 Å². The van der Waals surface area contributed by atoms with Gasteiger partial charge in [-0.2, -0.15) is 15.0 Å². The van der Waals surface area contributed by atoms with Crippen LogP contribution in [-0.4, -0.2) is 39.6 Å². The molecular weight excluding hydrogens is 392 g/mol. The summed E-state index contributed by atoms with van der Waals surface area (Å²) in [5, 5.41) is 18.2. The zero-order valence-electron chi connectivity index (χ0n) is 17.1. The molecule has 31 heavy (non-hydrogen) atoms. The van der Waals surface area contributed by atoms with Gasteiger partial charge in [0.25, 0.3) is 0 Å². The number of fused-ring (bicyclic) bond motifs is 1. The maximum absolute atomic E-state index is 9.42. The summed E-state index contributed by atoms with van der Waals surface area (Å²) >= 11 is 0. The first kappa shape index (κ1) is 18.9. The van der Waals surface area contributed by atoms with E-state index in [0.717, 1.165) is 28.2 Å². The molecule has 0 atom stereocenters. The van der Waals surface area contributed by atoms with E-state index in [4.69, 9.17) is 15.7 Å². The second kappa shape index (κ2) is 7.29. The number of pyridine rings is 2. The number of hydrogen-bond donors (Lipinski definition) is 2. The average molecular weight is 412 g/mol. The van der Waals surface area contributed by atoms with E-state index in [0.29, 0.717) is 28.5 Å². The lowest BCUT2D eigenvalue weighted by atomic mass is 10.2. The standard InChI is InChI=1S/C22H20N8O/c1-13-19(28-29(2)27-13)17-9-10-18-22(25-17)30(15-7-5-14(12-31)6-8-15)21(26-18)16-4-3-11-24-20(16)23/h3-11,31H,12H2,1-2H3,(H2,23,24). The van der Waals surface area contributed by atoms with Gasteiger partial charge in [0, 0.05) is 18.9 Å². The van der Waals surface area contributed by atoms with Crippen LogP contribution in [0.1, 0.15) is 11.3 Å².